The van der Waals surface area contributed by atoms with Crippen LogP contribution in [0.3, 0.4) is 0 Å². The van der Waals surface area contributed by atoms with Crippen molar-refractivity contribution in [3.8, 4) is 0 Å². The fraction of sp³-hybridized carbons (Fsp3) is 0.400. The zero-order valence-corrected chi connectivity index (χ0v) is 9.85. The van der Waals surface area contributed by atoms with Gasteiger partial charge in [-0.25, -0.2) is 0 Å². The van der Waals surface area contributed by atoms with Crippen LogP contribution in [-0.2, 0) is 39.1 Å². The molecule has 0 aromatic heterocycles. The molecule has 0 heterocycles. The first-order valence-corrected chi connectivity index (χ1v) is 3.88. The molecule has 0 nitrogen and oxygen atoms in total. The first-order chi connectivity index (χ1) is 4.93. The van der Waals surface area contributed by atoms with E-state index in [1.54, 1.807) is 0 Å². The molecule has 0 saturated carbocycles. The summed E-state index contributed by atoms with van der Waals surface area (Å²) < 4.78 is 0. The Balaban J connectivity index is 0.000001000. The van der Waals surface area contributed by atoms with E-state index >= 15 is 0 Å². The topological polar surface area (TPSA) is 0 Å². The van der Waals surface area contributed by atoms with Gasteiger partial charge in [0.25, 0.3) is 0 Å². The van der Waals surface area contributed by atoms with Crippen LogP contribution < -0.4 is 0 Å². The zero-order valence-electron chi connectivity index (χ0n) is 7.01. The van der Waals surface area contributed by atoms with Gasteiger partial charge in [-0.3, -0.25) is 0 Å². The van der Waals surface area contributed by atoms with Crippen molar-refractivity contribution in [2.75, 3.05) is 0 Å². The monoisotopic (exact) mass is 222 g/mol. The summed E-state index contributed by atoms with van der Waals surface area (Å²) in [4.78, 5) is 0. The van der Waals surface area contributed by atoms with Crippen molar-refractivity contribution < 1.29 is 32.7 Å². The summed E-state index contributed by atoms with van der Waals surface area (Å²) in [7, 11) is 0. The average molecular weight is 222 g/mol. The Bertz CT molecular complexity index is 169. The quantitative estimate of drug-likeness (QED) is 0.690. The van der Waals surface area contributed by atoms with Gasteiger partial charge in [0.05, 0.1) is 0 Å². The Hall–Kier alpha value is 0.324. The number of hydrogen-bond donors (Lipinski definition) is 0. The Morgan fingerprint density at radius 1 is 1.45 bits per heavy atom. The van der Waals surface area contributed by atoms with Crippen molar-refractivity contribution in [1.82, 2.24) is 0 Å². The number of rotatable bonds is 3. The number of aryl methyl sites for hydroxylation is 1. The Morgan fingerprint density at radius 3 is 2.82 bits per heavy atom. The summed E-state index contributed by atoms with van der Waals surface area (Å²) in [5.41, 5.74) is 1.41. The van der Waals surface area contributed by atoms with Gasteiger partial charge in [-0.05, 0) is 0 Å². The molecule has 0 N–H and O–H groups in total. The van der Waals surface area contributed by atoms with Crippen LogP contribution in [0.25, 0.3) is 0 Å². The first-order valence-electron chi connectivity index (χ1n) is 3.88. The van der Waals surface area contributed by atoms with Gasteiger partial charge >= 0.3 is 0 Å². The second kappa shape index (κ2) is 7.00. The minimum atomic E-state index is 0. The molecule has 0 saturated heterocycles. The van der Waals surface area contributed by atoms with Gasteiger partial charge in [-0.1, -0.05) is 26.2 Å². The fourth-order valence-corrected chi connectivity index (χ4v) is 0.967. The summed E-state index contributed by atoms with van der Waals surface area (Å²) in [6, 6.07) is 11.3. The second-order valence-corrected chi connectivity index (χ2v) is 2.52. The zero-order chi connectivity index (χ0) is 7.23. The number of hydrogen-bond acceptors (Lipinski definition) is 0. The standard InChI is InChI=1S/C10H13.Y/c1-2-3-7-10-8-5-4-6-9-10;/h4-5,8-9H,2-3,7H2,1H3;/q-1;. The summed E-state index contributed by atoms with van der Waals surface area (Å²) in [6.45, 7) is 2.21. The van der Waals surface area contributed by atoms with Crippen molar-refractivity contribution in [3.63, 3.8) is 0 Å². The molecule has 1 radical (unpaired) electrons. The molecule has 0 aliphatic carbocycles. The fourth-order valence-electron chi connectivity index (χ4n) is 0.967. The van der Waals surface area contributed by atoms with Gasteiger partial charge in [-0.15, -0.1) is 0 Å². The number of unbranched alkanes of at least 4 members (excludes halogenated alkanes) is 1. The minimum absolute atomic E-state index is 0. The van der Waals surface area contributed by atoms with E-state index in [1.165, 1.54) is 24.8 Å². The summed E-state index contributed by atoms with van der Waals surface area (Å²) >= 11 is 0. The van der Waals surface area contributed by atoms with Gasteiger partial charge in [-0.2, -0.15) is 35.9 Å². The van der Waals surface area contributed by atoms with E-state index in [1.807, 2.05) is 12.1 Å². The van der Waals surface area contributed by atoms with E-state index in [-0.39, 0.29) is 32.7 Å². The van der Waals surface area contributed by atoms with E-state index in [2.05, 4.69) is 25.1 Å². The third-order valence-corrected chi connectivity index (χ3v) is 1.59. The molecular formula is C10H13Y-. The Labute approximate surface area is 94.3 Å². The summed E-state index contributed by atoms with van der Waals surface area (Å²) in [5, 5.41) is 0. The predicted octanol–water partition coefficient (Wildman–Crippen LogP) is 2.83. The van der Waals surface area contributed by atoms with Crippen LogP contribution in [0.5, 0.6) is 0 Å². The predicted molar refractivity (Wildman–Crippen MR) is 43.9 cm³/mol. The van der Waals surface area contributed by atoms with Gasteiger partial charge < -0.3 is 0 Å². The molecule has 0 aliphatic heterocycles. The van der Waals surface area contributed by atoms with Crippen LogP contribution in [-0.4, -0.2) is 0 Å². The van der Waals surface area contributed by atoms with Gasteiger partial charge in [0, 0.05) is 32.7 Å². The molecule has 0 fully saturated rings. The molecule has 0 atom stereocenters. The normalized spacial score (nSPS) is 8.82. The maximum Gasteiger partial charge on any atom is 0 e. The Morgan fingerprint density at radius 2 is 2.27 bits per heavy atom. The van der Waals surface area contributed by atoms with Gasteiger partial charge in [0.2, 0.25) is 0 Å². The number of benzene rings is 1. The largest absolute Gasteiger partial charge is 0.184 e. The van der Waals surface area contributed by atoms with E-state index in [9.17, 15) is 0 Å². The van der Waals surface area contributed by atoms with Crippen LogP contribution in [0, 0.1) is 6.07 Å². The third-order valence-electron chi connectivity index (χ3n) is 1.59. The van der Waals surface area contributed by atoms with Crippen molar-refractivity contribution in [2.24, 2.45) is 0 Å². The van der Waals surface area contributed by atoms with Gasteiger partial charge in [0.1, 0.15) is 0 Å². The van der Waals surface area contributed by atoms with Crippen molar-refractivity contribution in [2.45, 2.75) is 26.2 Å². The molecular weight excluding hydrogens is 209 g/mol. The molecule has 11 heavy (non-hydrogen) atoms. The molecule has 1 aromatic rings. The van der Waals surface area contributed by atoms with Crippen LogP contribution in [0.15, 0.2) is 24.3 Å². The van der Waals surface area contributed by atoms with Gasteiger partial charge in [0.15, 0.2) is 0 Å². The Kier molecular flexibility index (Phi) is 7.21. The van der Waals surface area contributed by atoms with Crippen LogP contribution >= 0.6 is 0 Å². The summed E-state index contributed by atoms with van der Waals surface area (Å²) in [6.07, 6.45) is 3.76. The third kappa shape index (κ3) is 4.71. The van der Waals surface area contributed by atoms with Crippen LogP contribution in [0.4, 0.5) is 0 Å². The molecule has 0 amide bonds. The SMILES string of the molecule is CCCCc1c[c-]ccc1.[Y]. The molecule has 1 aromatic carbocycles. The van der Waals surface area contributed by atoms with Crippen LogP contribution in [0.1, 0.15) is 25.3 Å². The maximum atomic E-state index is 3.07. The first kappa shape index (κ1) is 11.3. The molecule has 0 unspecified atom stereocenters. The molecule has 0 bridgehead atoms. The smallest absolute Gasteiger partial charge is 0 e. The maximum absolute atomic E-state index is 3.07. The van der Waals surface area contributed by atoms with E-state index in [0.29, 0.717) is 0 Å². The van der Waals surface area contributed by atoms with E-state index in [0.717, 1.165) is 0 Å². The van der Waals surface area contributed by atoms with Crippen molar-refractivity contribution >= 4 is 0 Å². The van der Waals surface area contributed by atoms with E-state index in [4.69, 9.17) is 0 Å². The molecule has 1 heteroatoms. The van der Waals surface area contributed by atoms with E-state index < -0.39 is 0 Å². The van der Waals surface area contributed by atoms with Crippen molar-refractivity contribution in [1.29, 1.82) is 0 Å². The molecule has 0 aliphatic rings. The summed E-state index contributed by atoms with van der Waals surface area (Å²) in [5.74, 6) is 0. The average Bonchev–Trinajstić information content (AvgIpc) is 2.03. The van der Waals surface area contributed by atoms with Crippen LogP contribution in [0.2, 0.25) is 0 Å². The second-order valence-electron chi connectivity index (χ2n) is 2.52. The minimum Gasteiger partial charge on any atom is -0.184 e. The molecule has 0 spiro atoms. The molecule has 57 valence electrons. The van der Waals surface area contributed by atoms with Crippen molar-refractivity contribution in [3.05, 3.63) is 35.9 Å². The molecule has 1 rings (SSSR count).